The number of esters is 3. The Bertz CT molecular complexity index is 1120. The van der Waals surface area contributed by atoms with Gasteiger partial charge in [-0.05, 0) is 12.1 Å². The zero-order valence-electron chi connectivity index (χ0n) is 18.1. The molecule has 1 aliphatic heterocycles. The van der Waals surface area contributed by atoms with Gasteiger partial charge in [-0.25, -0.2) is 4.98 Å². The third kappa shape index (κ3) is 5.55. The first-order valence-corrected chi connectivity index (χ1v) is 10.5. The van der Waals surface area contributed by atoms with E-state index in [0.717, 1.165) is 0 Å². The fourth-order valence-corrected chi connectivity index (χ4v) is 3.81. The Morgan fingerprint density at radius 3 is 2.18 bits per heavy atom. The molecule has 2 heterocycles. The average molecular weight is 502 g/mol. The molecule has 1 aromatic carbocycles. The molecular formula is C20H21Cl2N3O8. The second-order valence-corrected chi connectivity index (χ2v) is 8.07. The molecule has 0 unspecified atom stereocenters. The molecule has 11 nitrogen and oxygen atoms in total. The number of imidazole rings is 1. The molecule has 13 heteroatoms. The van der Waals surface area contributed by atoms with Crippen LogP contribution >= 0.6 is 23.2 Å². The zero-order chi connectivity index (χ0) is 24.4. The Kier molecular flexibility index (Phi) is 7.45. The third-order valence-corrected chi connectivity index (χ3v) is 5.34. The molecule has 1 fully saturated rings. The van der Waals surface area contributed by atoms with Crippen LogP contribution in [0, 0.1) is 0 Å². The van der Waals surface area contributed by atoms with Gasteiger partial charge in [0.2, 0.25) is 11.9 Å². The molecule has 178 valence electrons. The number of nitrogens with one attached hydrogen (secondary N) is 1. The van der Waals surface area contributed by atoms with E-state index in [1.165, 1.54) is 44.4 Å². The van der Waals surface area contributed by atoms with Crippen LogP contribution in [0.5, 0.6) is 0 Å². The standard InChI is InChI=1S/C20H21Cl2N3O8/c1-8(26)23-20-24-14-5-12(21)13(22)6-15(14)25(20)19-18(32-11(4)29)17(31-10(3)28)16(33-19)7-30-9(2)27/h5-6,16-19H,7H2,1-4H3,(H,23,24,26)/t16-,17-,18-,19-/m0/s1. The smallest absolute Gasteiger partial charge is 0.303 e. The number of carbonyl (C=O) groups is 4. The van der Waals surface area contributed by atoms with Gasteiger partial charge >= 0.3 is 17.9 Å². The number of rotatable bonds is 6. The Morgan fingerprint density at radius 2 is 1.61 bits per heavy atom. The summed E-state index contributed by atoms with van der Waals surface area (Å²) in [6.45, 7) is 4.57. The lowest BCUT2D eigenvalue weighted by molar-refractivity contribution is -0.166. The van der Waals surface area contributed by atoms with E-state index in [9.17, 15) is 19.2 Å². The molecule has 2 aromatic rings. The first-order valence-electron chi connectivity index (χ1n) is 9.75. The van der Waals surface area contributed by atoms with E-state index in [1.54, 1.807) is 0 Å². The van der Waals surface area contributed by atoms with Gasteiger partial charge in [-0.15, -0.1) is 0 Å². The summed E-state index contributed by atoms with van der Waals surface area (Å²) in [5.41, 5.74) is 0.760. The second-order valence-electron chi connectivity index (χ2n) is 7.26. The van der Waals surface area contributed by atoms with E-state index in [4.69, 9.17) is 42.1 Å². The molecule has 1 saturated heterocycles. The molecule has 0 bridgehead atoms. The van der Waals surface area contributed by atoms with Crippen molar-refractivity contribution in [2.45, 2.75) is 52.2 Å². The van der Waals surface area contributed by atoms with Crippen molar-refractivity contribution < 1.29 is 38.1 Å². The zero-order valence-corrected chi connectivity index (χ0v) is 19.6. The summed E-state index contributed by atoms with van der Waals surface area (Å²) in [5.74, 6) is -2.31. The average Bonchev–Trinajstić information content (AvgIpc) is 3.17. The van der Waals surface area contributed by atoms with Gasteiger partial charge in [-0.1, -0.05) is 23.2 Å². The minimum atomic E-state index is -1.17. The number of hydrogen-bond acceptors (Lipinski definition) is 9. The summed E-state index contributed by atoms with van der Waals surface area (Å²) >= 11 is 12.3. The second kappa shape index (κ2) is 9.94. The SMILES string of the molecule is CC(=O)Nc1nc2cc(Cl)c(Cl)cc2n1[C@H]1O[C@@H](COC(C)=O)[C@H](OC(C)=O)[C@@H]1OC(C)=O. The molecule has 0 radical (unpaired) electrons. The highest BCUT2D eigenvalue weighted by atomic mass is 35.5. The van der Waals surface area contributed by atoms with Crippen molar-refractivity contribution in [2.24, 2.45) is 0 Å². The quantitative estimate of drug-likeness (QED) is 0.467. The van der Waals surface area contributed by atoms with Crippen LogP contribution in [0.2, 0.25) is 10.0 Å². The number of aromatic nitrogens is 2. The van der Waals surface area contributed by atoms with E-state index >= 15 is 0 Å². The fraction of sp³-hybridized carbons (Fsp3) is 0.450. The lowest BCUT2D eigenvalue weighted by Gasteiger charge is -2.24. The van der Waals surface area contributed by atoms with Crippen LogP contribution < -0.4 is 5.32 Å². The van der Waals surface area contributed by atoms with Gasteiger partial charge in [-0.3, -0.25) is 29.1 Å². The summed E-state index contributed by atoms with van der Waals surface area (Å²) in [7, 11) is 0. The van der Waals surface area contributed by atoms with Gasteiger partial charge in [0.1, 0.15) is 12.7 Å². The van der Waals surface area contributed by atoms with Gasteiger partial charge in [0.05, 0.1) is 21.1 Å². The summed E-state index contributed by atoms with van der Waals surface area (Å²) in [6.07, 6.45) is -4.42. The summed E-state index contributed by atoms with van der Waals surface area (Å²) in [6, 6.07) is 3.00. The number of nitrogens with zero attached hydrogens (tertiary/aromatic N) is 2. The highest BCUT2D eigenvalue weighted by Gasteiger charge is 2.51. The first kappa shape index (κ1) is 24.7. The number of halogens is 2. The van der Waals surface area contributed by atoms with E-state index in [-0.39, 0.29) is 22.6 Å². The maximum Gasteiger partial charge on any atom is 0.303 e. The normalized spacial score (nSPS) is 22.1. The predicted molar refractivity (Wildman–Crippen MR) is 116 cm³/mol. The number of benzene rings is 1. The number of carbonyl (C=O) groups excluding carboxylic acids is 4. The van der Waals surface area contributed by atoms with Crippen LogP contribution in [0.4, 0.5) is 5.95 Å². The molecular weight excluding hydrogens is 481 g/mol. The molecule has 33 heavy (non-hydrogen) atoms. The topological polar surface area (TPSA) is 135 Å². The number of amides is 1. The molecule has 0 saturated carbocycles. The van der Waals surface area contributed by atoms with Crippen molar-refractivity contribution in [3.8, 4) is 0 Å². The van der Waals surface area contributed by atoms with Gasteiger partial charge < -0.3 is 18.9 Å². The van der Waals surface area contributed by atoms with Crippen molar-refractivity contribution in [3.05, 3.63) is 22.2 Å². The van der Waals surface area contributed by atoms with E-state index in [0.29, 0.717) is 11.0 Å². The van der Waals surface area contributed by atoms with Crippen LogP contribution in [0.15, 0.2) is 12.1 Å². The summed E-state index contributed by atoms with van der Waals surface area (Å²) < 4.78 is 23.4. The highest BCUT2D eigenvalue weighted by molar-refractivity contribution is 6.42. The largest absolute Gasteiger partial charge is 0.463 e. The number of ether oxygens (including phenoxy) is 4. The van der Waals surface area contributed by atoms with Gasteiger partial charge in [0.25, 0.3) is 0 Å². The van der Waals surface area contributed by atoms with Crippen LogP contribution in [0.1, 0.15) is 33.9 Å². The predicted octanol–water partition coefficient (Wildman–Crippen LogP) is 2.63. The monoisotopic (exact) mass is 501 g/mol. The van der Waals surface area contributed by atoms with Crippen molar-refractivity contribution in [3.63, 3.8) is 0 Å². The summed E-state index contributed by atoms with van der Waals surface area (Å²) in [5, 5.41) is 3.02. The minimum absolute atomic E-state index is 0.0488. The third-order valence-electron chi connectivity index (χ3n) is 4.61. The molecule has 1 aromatic heterocycles. The Labute approximate surface area is 198 Å². The molecule has 1 N–H and O–H groups in total. The van der Waals surface area contributed by atoms with Crippen molar-refractivity contribution in [1.29, 1.82) is 0 Å². The van der Waals surface area contributed by atoms with Crippen LogP contribution in [-0.2, 0) is 38.1 Å². The highest BCUT2D eigenvalue weighted by Crippen LogP contribution is 2.40. The Morgan fingerprint density at radius 1 is 1.00 bits per heavy atom. The lowest BCUT2D eigenvalue weighted by Crippen LogP contribution is -2.40. The Balaban J connectivity index is 2.17. The minimum Gasteiger partial charge on any atom is -0.463 e. The molecule has 1 amide bonds. The maximum absolute atomic E-state index is 11.9. The van der Waals surface area contributed by atoms with E-state index in [1.807, 2.05) is 0 Å². The van der Waals surface area contributed by atoms with Gasteiger partial charge in [0.15, 0.2) is 18.4 Å². The number of hydrogen-bond donors (Lipinski definition) is 1. The van der Waals surface area contributed by atoms with Crippen molar-refractivity contribution >= 4 is 64.0 Å². The molecule has 0 spiro atoms. The number of anilines is 1. The van der Waals surface area contributed by atoms with Crippen molar-refractivity contribution in [1.82, 2.24) is 9.55 Å². The fourth-order valence-electron chi connectivity index (χ4n) is 3.49. The Hall–Kier alpha value is -2.89. The van der Waals surface area contributed by atoms with Gasteiger partial charge in [0, 0.05) is 27.7 Å². The van der Waals surface area contributed by atoms with Crippen LogP contribution in [0.3, 0.4) is 0 Å². The van der Waals surface area contributed by atoms with Crippen LogP contribution in [0.25, 0.3) is 11.0 Å². The lowest BCUT2D eigenvalue weighted by atomic mass is 10.1. The van der Waals surface area contributed by atoms with E-state index < -0.39 is 48.4 Å². The van der Waals surface area contributed by atoms with Gasteiger partial charge in [-0.2, -0.15) is 0 Å². The first-order chi connectivity index (χ1) is 15.5. The summed E-state index contributed by atoms with van der Waals surface area (Å²) in [4.78, 5) is 51.3. The maximum atomic E-state index is 11.9. The number of fused-ring (bicyclic) bond motifs is 1. The molecule has 1 aliphatic rings. The van der Waals surface area contributed by atoms with Crippen LogP contribution in [-0.4, -0.2) is 58.3 Å². The molecule has 3 rings (SSSR count). The van der Waals surface area contributed by atoms with Crippen molar-refractivity contribution in [2.75, 3.05) is 11.9 Å². The molecule has 0 aliphatic carbocycles. The molecule has 4 atom stereocenters. The van der Waals surface area contributed by atoms with E-state index in [2.05, 4.69) is 10.3 Å².